The van der Waals surface area contributed by atoms with E-state index in [9.17, 15) is 0 Å². The summed E-state index contributed by atoms with van der Waals surface area (Å²) in [4.78, 5) is 8.40. The Morgan fingerprint density at radius 1 is 1.62 bits per heavy atom. The molecule has 1 rings (SSSR count). The van der Waals surface area contributed by atoms with Gasteiger partial charge in [-0.15, -0.1) is 0 Å². The summed E-state index contributed by atoms with van der Waals surface area (Å²) in [6.45, 7) is 2.49. The molecule has 13 heavy (non-hydrogen) atoms. The van der Waals surface area contributed by atoms with Crippen LogP contribution in [0.1, 0.15) is 11.4 Å². The van der Waals surface area contributed by atoms with Crippen LogP contribution in [0.5, 0.6) is 0 Å². The van der Waals surface area contributed by atoms with Gasteiger partial charge in [0.15, 0.2) is 0 Å². The number of pyridine rings is 1. The minimum absolute atomic E-state index is 0.492. The Labute approximate surface area is 83.5 Å². The number of rotatable bonds is 3. The van der Waals surface area contributed by atoms with Crippen LogP contribution in [0.4, 0.5) is 0 Å². The van der Waals surface area contributed by atoms with Crippen LogP contribution in [0.15, 0.2) is 23.2 Å². The molecule has 0 aliphatic rings. The van der Waals surface area contributed by atoms with Gasteiger partial charge >= 0.3 is 0 Å². The second-order valence-electron chi connectivity index (χ2n) is 2.74. The second kappa shape index (κ2) is 4.87. The molecule has 0 radical (unpaired) electrons. The quantitative estimate of drug-likeness (QED) is 0.432. The summed E-state index contributed by atoms with van der Waals surface area (Å²) in [5, 5.41) is 0. The summed E-state index contributed by atoms with van der Waals surface area (Å²) in [7, 11) is 0. The first kappa shape index (κ1) is 10.1. The third kappa shape index (κ3) is 3.46. The molecule has 4 heteroatoms. The summed E-state index contributed by atoms with van der Waals surface area (Å²) in [5.41, 5.74) is 7.44. The van der Waals surface area contributed by atoms with Crippen LogP contribution in [0.25, 0.3) is 0 Å². The van der Waals surface area contributed by atoms with Gasteiger partial charge in [-0.05, 0) is 19.1 Å². The molecular weight excluding hydrogens is 182 g/mol. The summed E-state index contributed by atoms with van der Waals surface area (Å²) in [5.74, 6) is 1.04. The van der Waals surface area contributed by atoms with Crippen molar-refractivity contribution in [2.75, 3.05) is 5.75 Å². The molecule has 0 aromatic carbocycles. The third-order valence-electron chi connectivity index (χ3n) is 1.55. The smallest absolute Gasteiger partial charge is 0.104 e. The molecule has 2 N–H and O–H groups in total. The fourth-order valence-corrected chi connectivity index (χ4v) is 1.02. The van der Waals surface area contributed by atoms with E-state index in [1.807, 2.05) is 25.1 Å². The lowest BCUT2D eigenvalue weighted by atomic mass is 10.3. The van der Waals surface area contributed by atoms with Crippen molar-refractivity contribution in [3.05, 3.63) is 29.6 Å². The van der Waals surface area contributed by atoms with Crippen molar-refractivity contribution >= 4 is 18.5 Å². The zero-order chi connectivity index (χ0) is 9.68. The average Bonchev–Trinajstić information content (AvgIpc) is 2.14. The van der Waals surface area contributed by atoms with Crippen LogP contribution < -0.4 is 5.73 Å². The SMILES string of the molecule is Cc1cccc(CN=C(N)CS)n1. The van der Waals surface area contributed by atoms with Crippen molar-refractivity contribution in [2.45, 2.75) is 13.5 Å². The van der Waals surface area contributed by atoms with Gasteiger partial charge in [-0.3, -0.25) is 9.98 Å². The van der Waals surface area contributed by atoms with Gasteiger partial charge in [-0.25, -0.2) is 0 Å². The molecule has 0 bridgehead atoms. The first-order chi connectivity index (χ1) is 6.22. The van der Waals surface area contributed by atoms with E-state index < -0.39 is 0 Å². The second-order valence-corrected chi connectivity index (χ2v) is 3.05. The number of hydrogen-bond donors (Lipinski definition) is 2. The normalized spacial score (nSPS) is 11.7. The fraction of sp³-hybridized carbons (Fsp3) is 0.333. The number of aryl methyl sites for hydroxylation is 1. The number of hydrogen-bond acceptors (Lipinski definition) is 3. The maximum absolute atomic E-state index is 5.50. The number of amidine groups is 1. The number of aromatic nitrogens is 1. The van der Waals surface area contributed by atoms with Crippen LogP contribution in [-0.2, 0) is 6.54 Å². The average molecular weight is 195 g/mol. The number of aliphatic imine (C=N–C) groups is 1. The fourth-order valence-electron chi connectivity index (χ4n) is 0.920. The lowest BCUT2D eigenvalue weighted by molar-refractivity contribution is 0.965. The van der Waals surface area contributed by atoms with Gasteiger partial charge in [0, 0.05) is 11.4 Å². The first-order valence-electron chi connectivity index (χ1n) is 4.04. The summed E-state index contributed by atoms with van der Waals surface area (Å²) < 4.78 is 0. The van der Waals surface area contributed by atoms with E-state index in [0.29, 0.717) is 18.1 Å². The van der Waals surface area contributed by atoms with Gasteiger partial charge in [0.1, 0.15) is 5.84 Å². The largest absolute Gasteiger partial charge is 0.387 e. The molecule has 0 fully saturated rings. The van der Waals surface area contributed by atoms with Crippen molar-refractivity contribution < 1.29 is 0 Å². The highest BCUT2D eigenvalue weighted by Gasteiger charge is 1.93. The minimum atomic E-state index is 0.492. The van der Waals surface area contributed by atoms with Crippen molar-refractivity contribution in [3.63, 3.8) is 0 Å². The lowest BCUT2D eigenvalue weighted by Crippen LogP contribution is -2.13. The van der Waals surface area contributed by atoms with Gasteiger partial charge in [0.05, 0.1) is 12.2 Å². The topological polar surface area (TPSA) is 51.3 Å². The monoisotopic (exact) mass is 195 g/mol. The Hall–Kier alpha value is -1.03. The zero-order valence-electron chi connectivity index (χ0n) is 7.57. The molecule has 0 unspecified atom stereocenters. The van der Waals surface area contributed by atoms with Gasteiger partial charge in [0.2, 0.25) is 0 Å². The molecule has 0 aliphatic heterocycles. The van der Waals surface area contributed by atoms with E-state index >= 15 is 0 Å². The molecule has 0 aliphatic carbocycles. The molecule has 3 nitrogen and oxygen atoms in total. The molecule has 0 saturated heterocycles. The van der Waals surface area contributed by atoms with Crippen LogP contribution in [0.2, 0.25) is 0 Å². The zero-order valence-corrected chi connectivity index (χ0v) is 8.46. The third-order valence-corrected chi connectivity index (χ3v) is 1.88. The number of thiol groups is 1. The van der Waals surface area contributed by atoms with Crippen LogP contribution >= 0.6 is 12.6 Å². The van der Waals surface area contributed by atoms with E-state index in [4.69, 9.17) is 5.73 Å². The Morgan fingerprint density at radius 3 is 3.00 bits per heavy atom. The first-order valence-corrected chi connectivity index (χ1v) is 4.68. The Balaban J connectivity index is 2.64. The lowest BCUT2D eigenvalue weighted by Gasteiger charge is -1.98. The standard InChI is InChI=1S/C9H13N3S/c1-7-3-2-4-8(12-7)5-11-9(10)6-13/h2-4,13H,5-6H2,1H3,(H2,10,11). The highest BCUT2D eigenvalue weighted by atomic mass is 32.1. The summed E-state index contributed by atoms with van der Waals surface area (Å²) in [6.07, 6.45) is 0. The number of nitrogens with zero attached hydrogens (tertiary/aromatic N) is 2. The molecule has 0 atom stereocenters. The van der Waals surface area contributed by atoms with Crippen LogP contribution in [0, 0.1) is 6.92 Å². The highest BCUT2D eigenvalue weighted by Crippen LogP contribution is 1.99. The maximum atomic E-state index is 5.50. The minimum Gasteiger partial charge on any atom is -0.387 e. The molecule has 1 heterocycles. The molecule has 0 saturated carbocycles. The van der Waals surface area contributed by atoms with Crippen molar-refractivity contribution in [1.29, 1.82) is 0 Å². The van der Waals surface area contributed by atoms with E-state index in [-0.39, 0.29) is 0 Å². The van der Waals surface area contributed by atoms with Gasteiger partial charge in [0.25, 0.3) is 0 Å². The van der Waals surface area contributed by atoms with E-state index in [1.165, 1.54) is 0 Å². The van der Waals surface area contributed by atoms with Gasteiger partial charge in [-0.1, -0.05) is 6.07 Å². The molecule has 1 aromatic heterocycles. The van der Waals surface area contributed by atoms with E-state index in [2.05, 4.69) is 22.6 Å². The number of nitrogens with two attached hydrogens (primary N) is 1. The molecular formula is C9H13N3S. The Bertz CT molecular complexity index is 309. The van der Waals surface area contributed by atoms with Crippen molar-refractivity contribution in [2.24, 2.45) is 10.7 Å². The molecule has 1 aromatic rings. The Kier molecular flexibility index (Phi) is 3.76. The van der Waals surface area contributed by atoms with Crippen molar-refractivity contribution in [3.8, 4) is 0 Å². The summed E-state index contributed by atoms with van der Waals surface area (Å²) >= 11 is 4.01. The molecule has 0 amide bonds. The van der Waals surface area contributed by atoms with Crippen molar-refractivity contribution in [1.82, 2.24) is 4.98 Å². The Morgan fingerprint density at radius 2 is 2.38 bits per heavy atom. The molecule has 0 spiro atoms. The van der Waals surface area contributed by atoms with Crippen LogP contribution in [0.3, 0.4) is 0 Å². The predicted octanol–water partition coefficient (Wildman–Crippen LogP) is 1.18. The van der Waals surface area contributed by atoms with Crippen LogP contribution in [-0.4, -0.2) is 16.6 Å². The maximum Gasteiger partial charge on any atom is 0.104 e. The van der Waals surface area contributed by atoms with E-state index in [1.54, 1.807) is 0 Å². The predicted molar refractivity (Wildman–Crippen MR) is 58.2 cm³/mol. The van der Waals surface area contributed by atoms with Gasteiger partial charge in [-0.2, -0.15) is 12.6 Å². The summed E-state index contributed by atoms with van der Waals surface area (Å²) in [6, 6.07) is 5.85. The van der Waals surface area contributed by atoms with E-state index in [0.717, 1.165) is 11.4 Å². The molecule has 70 valence electrons. The van der Waals surface area contributed by atoms with Gasteiger partial charge < -0.3 is 5.73 Å². The highest BCUT2D eigenvalue weighted by molar-refractivity contribution is 7.81.